The lowest BCUT2D eigenvalue weighted by atomic mass is 9.94. The van der Waals surface area contributed by atoms with E-state index in [0.717, 1.165) is 26.1 Å². The summed E-state index contributed by atoms with van der Waals surface area (Å²) in [4.78, 5) is 6.46. The van der Waals surface area contributed by atoms with E-state index in [4.69, 9.17) is 10.3 Å². The smallest absolute Gasteiger partial charge is 0.240 e. The van der Waals surface area contributed by atoms with Gasteiger partial charge in [0.1, 0.15) is 0 Å². The topological polar surface area (TPSA) is 68.2 Å². The standard InChI is InChI=1S/C10H18N4O/c1-7-3-4-14(5-9(7)11)6-10-12-8(2)13-15-10/h7,9H,3-6,11H2,1-2H3. The van der Waals surface area contributed by atoms with Gasteiger partial charge in [0.2, 0.25) is 5.89 Å². The lowest BCUT2D eigenvalue weighted by Gasteiger charge is -2.34. The van der Waals surface area contributed by atoms with E-state index in [0.29, 0.717) is 17.6 Å². The van der Waals surface area contributed by atoms with Crippen molar-refractivity contribution in [1.29, 1.82) is 0 Å². The fourth-order valence-corrected chi connectivity index (χ4v) is 1.91. The van der Waals surface area contributed by atoms with Crippen LogP contribution in [0, 0.1) is 12.8 Å². The first kappa shape index (κ1) is 10.6. The maximum absolute atomic E-state index is 6.02. The molecular formula is C10H18N4O. The van der Waals surface area contributed by atoms with E-state index in [1.807, 2.05) is 6.92 Å². The molecule has 1 saturated heterocycles. The van der Waals surface area contributed by atoms with Gasteiger partial charge in [-0.2, -0.15) is 4.98 Å². The molecule has 84 valence electrons. The Morgan fingerprint density at radius 1 is 1.60 bits per heavy atom. The molecule has 1 aliphatic heterocycles. The average Bonchev–Trinajstić information content (AvgIpc) is 2.58. The van der Waals surface area contributed by atoms with Gasteiger partial charge in [0, 0.05) is 12.6 Å². The van der Waals surface area contributed by atoms with Gasteiger partial charge in [0.15, 0.2) is 5.82 Å². The second-order valence-electron chi connectivity index (χ2n) is 4.40. The van der Waals surface area contributed by atoms with Crippen LogP contribution in [0.3, 0.4) is 0 Å². The fourth-order valence-electron chi connectivity index (χ4n) is 1.91. The Bertz CT molecular complexity index is 325. The van der Waals surface area contributed by atoms with E-state index in [1.54, 1.807) is 0 Å². The second kappa shape index (κ2) is 4.28. The lowest BCUT2D eigenvalue weighted by molar-refractivity contribution is 0.146. The molecule has 5 heteroatoms. The van der Waals surface area contributed by atoms with Crippen LogP contribution >= 0.6 is 0 Å². The van der Waals surface area contributed by atoms with Crippen molar-refractivity contribution in [2.45, 2.75) is 32.9 Å². The van der Waals surface area contributed by atoms with Gasteiger partial charge >= 0.3 is 0 Å². The third-order valence-corrected chi connectivity index (χ3v) is 3.03. The Morgan fingerprint density at radius 3 is 3.00 bits per heavy atom. The van der Waals surface area contributed by atoms with Crippen LogP contribution in [0.5, 0.6) is 0 Å². The predicted molar refractivity (Wildman–Crippen MR) is 56.1 cm³/mol. The Balaban J connectivity index is 1.90. The molecular weight excluding hydrogens is 192 g/mol. The summed E-state index contributed by atoms with van der Waals surface area (Å²) in [6, 6.07) is 0.266. The van der Waals surface area contributed by atoms with Gasteiger partial charge in [0.05, 0.1) is 6.54 Å². The molecule has 0 bridgehead atoms. The zero-order chi connectivity index (χ0) is 10.8. The van der Waals surface area contributed by atoms with E-state index in [1.165, 1.54) is 0 Å². The third-order valence-electron chi connectivity index (χ3n) is 3.03. The van der Waals surface area contributed by atoms with Gasteiger partial charge in [-0.3, -0.25) is 4.90 Å². The number of nitrogens with zero attached hydrogens (tertiary/aromatic N) is 3. The highest BCUT2D eigenvalue weighted by Gasteiger charge is 2.24. The van der Waals surface area contributed by atoms with Gasteiger partial charge in [0.25, 0.3) is 0 Å². The fraction of sp³-hybridized carbons (Fsp3) is 0.800. The monoisotopic (exact) mass is 210 g/mol. The summed E-state index contributed by atoms with van der Waals surface area (Å²) in [6.45, 7) is 6.75. The minimum atomic E-state index is 0.266. The number of nitrogens with two attached hydrogens (primary N) is 1. The van der Waals surface area contributed by atoms with E-state index in [9.17, 15) is 0 Å². The van der Waals surface area contributed by atoms with Crippen molar-refractivity contribution in [3.8, 4) is 0 Å². The van der Waals surface area contributed by atoms with Crippen molar-refractivity contribution in [3.63, 3.8) is 0 Å². The van der Waals surface area contributed by atoms with Crippen LogP contribution in [0.25, 0.3) is 0 Å². The first-order chi connectivity index (χ1) is 7.15. The quantitative estimate of drug-likeness (QED) is 0.772. The summed E-state index contributed by atoms with van der Waals surface area (Å²) >= 11 is 0. The highest BCUT2D eigenvalue weighted by atomic mass is 16.5. The summed E-state index contributed by atoms with van der Waals surface area (Å²) in [5, 5.41) is 3.77. The van der Waals surface area contributed by atoms with E-state index >= 15 is 0 Å². The van der Waals surface area contributed by atoms with Crippen LogP contribution in [-0.4, -0.2) is 34.2 Å². The summed E-state index contributed by atoms with van der Waals surface area (Å²) in [5.41, 5.74) is 6.02. The maximum Gasteiger partial charge on any atom is 0.240 e. The van der Waals surface area contributed by atoms with Crippen LogP contribution in [0.4, 0.5) is 0 Å². The maximum atomic E-state index is 6.02. The zero-order valence-electron chi connectivity index (χ0n) is 9.31. The summed E-state index contributed by atoms with van der Waals surface area (Å²) < 4.78 is 5.09. The van der Waals surface area contributed by atoms with E-state index in [2.05, 4.69) is 22.0 Å². The molecule has 0 aromatic carbocycles. The van der Waals surface area contributed by atoms with Crippen molar-refractivity contribution >= 4 is 0 Å². The van der Waals surface area contributed by atoms with Crippen LogP contribution in [0.1, 0.15) is 25.1 Å². The number of hydrogen-bond acceptors (Lipinski definition) is 5. The van der Waals surface area contributed by atoms with Gasteiger partial charge in [-0.25, -0.2) is 0 Å². The lowest BCUT2D eigenvalue weighted by Crippen LogP contribution is -2.47. The van der Waals surface area contributed by atoms with E-state index in [-0.39, 0.29) is 6.04 Å². The molecule has 2 atom stereocenters. The number of rotatable bonds is 2. The minimum absolute atomic E-state index is 0.266. The minimum Gasteiger partial charge on any atom is -0.338 e. The largest absolute Gasteiger partial charge is 0.338 e. The normalized spacial score (nSPS) is 28.2. The molecule has 0 amide bonds. The average molecular weight is 210 g/mol. The zero-order valence-corrected chi connectivity index (χ0v) is 9.31. The van der Waals surface area contributed by atoms with Crippen molar-refractivity contribution in [2.24, 2.45) is 11.7 Å². The van der Waals surface area contributed by atoms with E-state index < -0.39 is 0 Å². The second-order valence-corrected chi connectivity index (χ2v) is 4.40. The highest BCUT2D eigenvalue weighted by Crippen LogP contribution is 2.16. The number of aromatic nitrogens is 2. The molecule has 2 rings (SSSR count). The van der Waals surface area contributed by atoms with Crippen LogP contribution in [0.15, 0.2) is 4.52 Å². The first-order valence-electron chi connectivity index (χ1n) is 5.42. The number of aryl methyl sites for hydroxylation is 1. The Labute approximate surface area is 89.6 Å². The van der Waals surface area contributed by atoms with Crippen LogP contribution < -0.4 is 5.73 Å². The SMILES string of the molecule is Cc1noc(CN2CCC(C)C(N)C2)n1. The molecule has 1 aromatic rings. The molecule has 15 heavy (non-hydrogen) atoms. The Morgan fingerprint density at radius 2 is 2.40 bits per heavy atom. The van der Waals surface area contributed by atoms with Crippen molar-refractivity contribution in [2.75, 3.05) is 13.1 Å². The molecule has 0 spiro atoms. The number of hydrogen-bond donors (Lipinski definition) is 1. The molecule has 0 saturated carbocycles. The predicted octanol–water partition coefficient (Wildman–Crippen LogP) is 0.547. The van der Waals surface area contributed by atoms with Crippen molar-refractivity contribution < 1.29 is 4.52 Å². The Kier molecular flexibility index (Phi) is 3.02. The molecule has 0 aliphatic carbocycles. The van der Waals surface area contributed by atoms with Gasteiger partial charge in [-0.1, -0.05) is 12.1 Å². The molecule has 2 heterocycles. The summed E-state index contributed by atoms with van der Waals surface area (Å²) in [6.07, 6.45) is 1.15. The number of likely N-dealkylation sites (tertiary alicyclic amines) is 1. The number of piperidine rings is 1. The van der Waals surface area contributed by atoms with Crippen LogP contribution in [0.2, 0.25) is 0 Å². The molecule has 2 unspecified atom stereocenters. The molecule has 5 nitrogen and oxygen atoms in total. The summed E-state index contributed by atoms with van der Waals surface area (Å²) in [5.74, 6) is 2.00. The summed E-state index contributed by atoms with van der Waals surface area (Å²) in [7, 11) is 0. The van der Waals surface area contributed by atoms with Crippen molar-refractivity contribution in [1.82, 2.24) is 15.0 Å². The first-order valence-corrected chi connectivity index (χ1v) is 5.42. The molecule has 1 aromatic heterocycles. The van der Waals surface area contributed by atoms with Crippen LogP contribution in [-0.2, 0) is 6.54 Å². The van der Waals surface area contributed by atoms with Gasteiger partial charge < -0.3 is 10.3 Å². The molecule has 0 radical (unpaired) electrons. The molecule has 1 fully saturated rings. The highest BCUT2D eigenvalue weighted by molar-refractivity contribution is 4.86. The van der Waals surface area contributed by atoms with Crippen molar-refractivity contribution in [3.05, 3.63) is 11.7 Å². The molecule has 1 aliphatic rings. The Hall–Kier alpha value is -0.940. The molecule has 2 N–H and O–H groups in total. The third kappa shape index (κ3) is 2.54. The van der Waals surface area contributed by atoms with Gasteiger partial charge in [-0.05, 0) is 25.8 Å². The van der Waals surface area contributed by atoms with Gasteiger partial charge in [-0.15, -0.1) is 0 Å².